The van der Waals surface area contributed by atoms with Crippen LogP contribution in [0.15, 0.2) is 30.3 Å². The highest BCUT2D eigenvalue weighted by atomic mass is 16.6. The molecule has 1 aromatic carbocycles. The van der Waals surface area contributed by atoms with Gasteiger partial charge in [0.25, 0.3) is 0 Å². The maximum absolute atomic E-state index is 12.7. The second-order valence-corrected chi connectivity index (χ2v) is 16.5. The molecule has 2 saturated carbocycles. The maximum atomic E-state index is 12.7. The van der Waals surface area contributed by atoms with Crippen molar-refractivity contribution in [3.8, 4) is 0 Å². The lowest BCUT2D eigenvalue weighted by Crippen LogP contribution is -2.51. The standard InChI is InChI=1S/C37H58N4O9/c1-25(20-49-30(43)27-12-10-9-11-13-27)50-31(44)39-24-37(8)19-29(17-35(5,6)22-37)41-33(46)48-15-14-47-32(45)40-28-16-34(3,4)21-36(7,18-28)23-38-26(2)42/h9-13,25,28-29H,14-24H2,1-8H3,(H,38,42)(H,39,44)(H,40,45)(H,41,46). The SMILES string of the molecule is CC(=O)NCC1(C)CC(NC(=O)OCCOC(=O)NC2CC(C)(C)CC(C)(CNC(=O)OC(C)COC(=O)c3ccccc3)C2)CC(C)(C)C1. The molecule has 5 unspecified atom stereocenters. The fraction of sp³-hybridized carbons (Fsp3) is 0.703. The second-order valence-electron chi connectivity index (χ2n) is 16.5. The average Bonchev–Trinajstić information content (AvgIpc) is 2.98. The minimum absolute atomic E-state index is 0.0207. The Kier molecular flexibility index (Phi) is 13.9. The van der Waals surface area contributed by atoms with Gasteiger partial charge in [0.15, 0.2) is 0 Å². The van der Waals surface area contributed by atoms with Gasteiger partial charge in [-0.05, 0) is 79.2 Å². The lowest BCUT2D eigenvalue weighted by molar-refractivity contribution is -0.119. The van der Waals surface area contributed by atoms with Crippen LogP contribution in [0.2, 0.25) is 0 Å². The predicted molar refractivity (Wildman–Crippen MR) is 187 cm³/mol. The van der Waals surface area contributed by atoms with E-state index in [9.17, 15) is 24.0 Å². The second kappa shape index (κ2) is 17.3. The number of hydrogen-bond acceptors (Lipinski definition) is 9. The molecular formula is C37H58N4O9. The van der Waals surface area contributed by atoms with Crippen molar-refractivity contribution in [2.24, 2.45) is 21.7 Å². The zero-order chi connectivity index (χ0) is 37.2. The molecule has 0 aliphatic heterocycles. The number of nitrogens with one attached hydrogen (secondary N) is 4. The molecular weight excluding hydrogens is 644 g/mol. The third-order valence-corrected chi connectivity index (χ3v) is 9.27. The van der Waals surface area contributed by atoms with E-state index >= 15 is 0 Å². The first-order valence-electron chi connectivity index (χ1n) is 17.5. The van der Waals surface area contributed by atoms with Crippen LogP contribution in [0.1, 0.15) is 104 Å². The van der Waals surface area contributed by atoms with Crippen LogP contribution in [0.25, 0.3) is 0 Å². The molecule has 0 radical (unpaired) electrons. The number of amides is 4. The predicted octanol–water partition coefficient (Wildman–Crippen LogP) is 5.72. The molecule has 13 heteroatoms. The number of rotatable bonds is 13. The van der Waals surface area contributed by atoms with E-state index in [-0.39, 0.29) is 59.5 Å². The molecule has 0 aromatic heterocycles. The van der Waals surface area contributed by atoms with Crippen molar-refractivity contribution in [1.82, 2.24) is 21.3 Å². The Morgan fingerprint density at radius 2 is 1.18 bits per heavy atom. The summed E-state index contributed by atoms with van der Waals surface area (Å²) in [5, 5.41) is 11.6. The summed E-state index contributed by atoms with van der Waals surface area (Å²) in [7, 11) is 0. The van der Waals surface area contributed by atoms with Crippen molar-refractivity contribution < 1.29 is 42.9 Å². The zero-order valence-electron chi connectivity index (χ0n) is 31.1. The van der Waals surface area contributed by atoms with E-state index in [0.717, 1.165) is 25.7 Å². The Hall–Kier alpha value is -4.03. The van der Waals surface area contributed by atoms with E-state index in [0.29, 0.717) is 31.5 Å². The molecule has 0 bridgehead atoms. The van der Waals surface area contributed by atoms with Gasteiger partial charge in [-0.25, -0.2) is 19.2 Å². The number of carbonyl (C=O) groups is 5. The van der Waals surface area contributed by atoms with E-state index < -0.39 is 30.4 Å². The topological polar surface area (TPSA) is 170 Å². The monoisotopic (exact) mass is 702 g/mol. The van der Waals surface area contributed by atoms with Gasteiger partial charge in [-0.3, -0.25) is 4.79 Å². The Balaban J connectivity index is 1.37. The van der Waals surface area contributed by atoms with Crippen LogP contribution < -0.4 is 21.3 Å². The Bertz CT molecular complexity index is 1340. The highest BCUT2D eigenvalue weighted by Gasteiger charge is 2.43. The third kappa shape index (κ3) is 14.1. The van der Waals surface area contributed by atoms with Crippen molar-refractivity contribution in [1.29, 1.82) is 0 Å². The summed E-state index contributed by atoms with van der Waals surface area (Å²) in [5.74, 6) is -0.567. The molecule has 4 amide bonds. The van der Waals surface area contributed by atoms with Crippen LogP contribution in [-0.2, 0) is 23.7 Å². The van der Waals surface area contributed by atoms with E-state index in [1.165, 1.54) is 6.92 Å². The number of benzene rings is 1. The largest absolute Gasteiger partial charge is 0.458 e. The minimum atomic E-state index is -0.645. The van der Waals surface area contributed by atoms with Crippen molar-refractivity contribution in [3.05, 3.63) is 35.9 Å². The van der Waals surface area contributed by atoms with Crippen molar-refractivity contribution in [3.63, 3.8) is 0 Å². The maximum Gasteiger partial charge on any atom is 0.407 e. The van der Waals surface area contributed by atoms with Gasteiger partial charge in [0.05, 0.1) is 5.56 Å². The summed E-state index contributed by atoms with van der Waals surface area (Å²) < 4.78 is 21.3. The molecule has 0 spiro atoms. The molecule has 50 heavy (non-hydrogen) atoms. The normalized spacial score (nSPS) is 25.9. The van der Waals surface area contributed by atoms with Gasteiger partial charge in [-0.2, -0.15) is 0 Å². The Morgan fingerprint density at radius 3 is 1.66 bits per heavy atom. The zero-order valence-corrected chi connectivity index (χ0v) is 31.1. The van der Waals surface area contributed by atoms with Gasteiger partial charge in [-0.15, -0.1) is 0 Å². The van der Waals surface area contributed by atoms with E-state index in [1.807, 2.05) is 0 Å². The Morgan fingerprint density at radius 1 is 0.700 bits per heavy atom. The van der Waals surface area contributed by atoms with Gasteiger partial charge in [-0.1, -0.05) is 59.7 Å². The third-order valence-electron chi connectivity index (χ3n) is 9.27. The molecule has 13 nitrogen and oxygen atoms in total. The molecule has 2 aliphatic rings. The fourth-order valence-electron chi connectivity index (χ4n) is 8.16. The number of carbonyl (C=O) groups excluding carboxylic acids is 5. The summed E-state index contributed by atoms with van der Waals surface area (Å²) >= 11 is 0. The fourth-order valence-corrected chi connectivity index (χ4v) is 8.16. The van der Waals surface area contributed by atoms with Crippen molar-refractivity contribution in [2.75, 3.05) is 32.9 Å². The molecule has 3 rings (SSSR count). The van der Waals surface area contributed by atoms with Crippen LogP contribution in [0.3, 0.4) is 0 Å². The quantitative estimate of drug-likeness (QED) is 0.114. The molecule has 0 heterocycles. The molecule has 0 saturated heterocycles. The molecule has 2 aliphatic carbocycles. The number of ether oxygens (including phenoxy) is 4. The van der Waals surface area contributed by atoms with Gasteiger partial charge >= 0.3 is 24.2 Å². The first kappa shape index (κ1) is 40.4. The summed E-state index contributed by atoms with van der Waals surface area (Å²) in [6.07, 6.45) is 2.13. The van der Waals surface area contributed by atoms with Crippen LogP contribution in [0, 0.1) is 21.7 Å². The van der Waals surface area contributed by atoms with Gasteiger partial charge in [0, 0.05) is 32.1 Å². The minimum Gasteiger partial charge on any atom is -0.458 e. The molecule has 1 aromatic rings. The molecule has 4 N–H and O–H groups in total. The summed E-state index contributed by atoms with van der Waals surface area (Å²) in [6, 6.07) is 8.28. The first-order valence-corrected chi connectivity index (χ1v) is 17.5. The highest BCUT2D eigenvalue weighted by Crippen LogP contribution is 2.47. The van der Waals surface area contributed by atoms with Crippen LogP contribution in [0.5, 0.6) is 0 Å². The van der Waals surface area contributed by atoms with Gasteiger partial charge in [0.1, 0.15) is 25.9 Å². The van der Waals surface area contributed by atoms with Crippen LogP contribution in [0.4, 0.5) is 14.4 Å². The summed E-state index contributed by atoms with van der Waals surface area (Å²) in [4.78, 5) is 61.5. The highest BCUT2D eigenvalue weighted by molar-refractivity contribution is 5.89. The Labute approximate surface area is 296 Å². The first-order chi connectivity index (χ1) is 23.3. The molecule has 5 atom stereocenters. The van der Waals surface area contributed by atoms with Gasteiger partial charge in [0.2, 0.25) is 5.91 Å². The number of alkyl carbamates (subject to hydrolysis) is 3. The summed E-state index contributed by atoms with van der Waals surface area (Å²) in [6.45, 7) is 16.5. The van der Waals surface area contributed by atoms with Crippen molar-refractivity contribution in [2.45, 2.75) is 112 Å². The smallest absolute Gasteiger partial charge is 0.407 e. The lowest BCUT2D eigenvalue weighted by atomic mass is 9.62. The molecule has 2 fully saturated rings. The number of esters is 1. The summed E-state index contributed by atoms with van der Waals surface area (Å²) in [5.41, 5.74) is -0.219. The van der Waals surface area contributed by atoms with E-state index in [2.05, 4.69) is 62.8 Å². The number of hydrogen-bond donors (Lipinski definition) is 4. The van der Waals surface area contributed by atoms with Crippen molar-refractivity contribution >= 4 is 30.2 Å². The lowest BCUT2D eigenvalue weighted by Gasteiger charge is -2.46. The van der Waals surface area contributed by atoms with E-state index in [4.69, 9.17) is 18.9 Å². The average molecular weight is 703 g/mol. The van der Waals surface area contributed by atoms with Gasteiger partial charge < -0.3 is 40.2 Å². The van der Waals surface area contributed by atoms with E-state index in [1.54, 1.807) is 37.3 Å². The van der Waals surface area contributed by atoms with Crippen LogP contribution in [-0.4, -0.2) is 81.3 Å². The van der Waals surface area contributed by atoms with Crippen LogP contribution >= 0.6 is 0 Å². The molecule has 280 valence electrons.